The van der Waals surface area contributed by atoms with E-state index in [9.17, 15) is 24.5 Å². The third kappa shape index (κ3) is 9.99. The lowest BCUT2D eigenvalue weighted by Gasteiger charge is -2.34. The van der Waals surface area contributed by atoms with Crippen LogP contribution in [0, 0.1) is 5.82 Å². The summed E-state index contributed by atoms with van der Waals surface area (Å²) in [7, 11) is 3.65. The van der Waals surface area contributed by atoms with E-state index in [1.807, 2.05) is 24.3 Å². The second-order valence-corrected chi connectivity index (χ2v) is 15.0. The number of halogens is 1. The number of para-hydroxylation sites is 1. The third-order valence-electron chi connectivity index (χ3n) is 10.7. The zero-order chi connectivity index (χ0) is 43.9. The number of ether oxygens (including phenoxy) is 4. The first-order valence-corrected chi connectivity index (χ1v) is 20.3. The van der Waals surface area contributed by atoms with Gasteiger partial charge in [-0.2, -0.15) is 0 Å². The van der Waals surface area contributed by atoms with E-state index in [0.717, 1.165) is 26.2 Å². The van der Waals surface area contributed by atoms with Crippen molar-refractivity contribution in [3.05, 3.63) is 127 Å². The number of hydrogen-bond acceptors (Lipinski definition) is 14. The predicted octanol–water partition coefficient (Wildman–Crippen LogP) is 6.51. The quantitative estimate of drug-likeness (QED) is 0.0900. The van der Waals surface area contributed by atoms with Crippen LogP contribution in [0.15, 0.2) is 114 Å². The number of hydrogen-bond donors (Lipinski definition) is 3. The van der Waals surface area contributed by atoms with Gasteiger partial charge >= 0.3 is 5.97 Å². The van der Waals surface area contributed by atoms with E-state index in [4.69, 9.17) is 23.4 Å². The number of carboxylic acids is 1. The second kappa shape index (κ2) is 19.3. The topological polar surface area (TPSA) is 186 Å². The molecular weight excluding hydrogens is 812 g/mol. The number of benzene rings is 4. The number of aliphatic hydroxyl groups is 1. The number of piperazine rings is 1. The summed E-state index contributed by atoms with van der Waals surface area (Å²) in [6, 6.07) is 26.3. The molecule has 0 bridgehead atoms. The van der Waals surface area contributed by atoms with Gasteiger partial charge in [-0.05, 0) is 85.4 Å². The van der Waals surface area contributed by atoms with Crippen molar-refractivity contribution >= 4 is 17.1 Å². The van der Waals surface area contributed by atoms with Gasteiger partial charge in [-0.1, -0.05) is 24.3 Å². The van der Waals surface area contributed by atoms with Crippen LogP contribution < -0.4 is 18.9 Å². The number of likely N-dealkylation sites (N-methyl/N-ethyl adjacent to an activating group) is 1. The summed E-state index contributed by atoms with van der Waals surface area (Å²) < 4.78 is 44.5. The molecule has 0 amide bonds. The molecule has 3 N–H and O–H groups in total. The van der Waals surface area contributed by atoms with Crippen molar-refractivity contribution in [1.82, 2.24) is 29.7 Å². The van der Waals surface area contributed by atoms with Gasteiger partial charge in [-0.15, -0.1) is 0 Å². The summed E-state index contributed by atoms with van der Waals surface area (Å²) >= 11 is 0. The zero-order valence-electron chi connectivity index (χ0n) is 34.6. The van der Waals surface area contributed by atoms with Gasteiger partial charge in [0, 0.05) is 62.0 Å². The van der Waals surface area contributed by atoms with E-state index in [2.05, 4.69) is 36.8 Å². The summed E-state index contributed by atoms with van der Waals surface area (Å²) in [6.45, 7) is 4.04. The SMILES string of the molecule is COc1ccccc1-c1nccc(COc2ccc(O)cc2CC(Oc2ncnc3oc(-c4ccc(F)cc4)c(-c4ccc(OC(CO)CN5CCN(C)CC5)cc4)c23)C(=O)O)n1. The molecule has 2 atom stereocenters. The van der Waals surface area contributed by atoms with Crippen molar-refractivity contribution in [2.45, 2.75) is 25.2 Å². The smallest absolute Gasteiger partial charge is 0.345 e. The largest absolute Gasteiger partial charge is 0.508 e. The maximum atomic E-state index is 14.1. The Labute approximate surface area is 361 Å². The molecule has 7 aromatic rings. The van der Waals surface area contributed by atoms with Crippen molar-refractivity contribution in [2.75, 3.05) is 53.5 Å². The van der Waals surface area contributed by atoms with Gasteiger partial charge in [0.2, 0.25) is 17.7 Å². The number of methoxy groups -OCH3 is 1. The number of aliphatic hydroxyl groups excluding tert-OH is 1. The van der Waals surface area contributed by atoms with E-state index in [1.54, 1.807) is 61.8 Å². The van der Waals surface area contributed by atoms with E-state index in [1.165, 1.54) is 30.6 Å². The Morgan fingerprint density at radius 3 is 2.40 bits per heavy atom. The van der Waals surface area contributed by atoms with Crippen LogP contribution in [0.5, 0.6) is 28.9 Å². The monoisotopic (exact) mass is 856 g/mol. The van der Waals surface area contributed by atoms with Gasteiger partial charge < -0.3 is 43.6 Å². The summed E-state index contributed by atoms with van der Waals surface area (Å²) in [5, 5.41) is 31.5. The molecule has 0 radical (unpaired) electrons. The number of carboxylic acid groups (broad SMARTS) is 1. The number of aliphatic carboxylic acids is 1. The lowest BCUT2D eigenvalue weighted by Crippen LogP contribution is -2.48. The van der Waals surface area contributed by atoms with Crippen LogP contribution in [0.3, 0.4) is 0 Å². The van der Waals surface area contributed by atoms with E-state index in [-0.39, 0.29) is 42.4 Å². The molecule has 0 aliphatic carbocycles. The lowest BCUT2D eigenvalue weighted by atomic mass is 9.99. The predicted molar refractivity (Wildman–Crippen MR) is 230 cm³/mol. The highest BCUT2D eigenvalue weighted by molar-refractivity contribution is 6.03. The number of phenols is 1. The molecule has 63 heavy (non-hydrogen) atoms. The van der Waals surface area contributed by atoms with Crippen LogP contribution >= 0.6 is 0 Å². The Hall–Kier alpha value is -7.14. The van der Waals surface area contributed by atoms with Crippen molar-refractivity contribution in [3.8, 4) is 62.7 Å². The maximum Gasteiger partial charge on any atom is 0.345 e. The minimum atomic E-state index is -1.54. The minimum Gasteiger partial charge on any atom is -0.508 e. The summed E-state index contributed by atoms with van der Waals surface area (Å²) in [6.07, 6.45) is 0.581. The van der Waals surface area contributed by atoms with Gasteiger partial charge in [-0.3, -0.25) is 4.90 Å². The first-order chi connectivity index (χ1) is 30.6. The Balaban J connectivity index is 1.07. The molecule has 0 spiro atoms. The highest BCUT2D eigenvalue weighted by atomic mass is 19.1. The molecule has 4 aromatic carbocycles. The van der Waals surface area contributed by atoms with Crippen molar-refractivity contribution in [2.24, 2.45) is 0 Å². The fourth-order valence-electron chi connectivity index (χ4n) is 7.39. The van der Waals surface area contributed by atoms with Gasteiger partial charge in [0.05, 0.1) is 25.0 Å². The fourth-order valence-corrected chi connectivity index (χ4v) is 7.39. The average Bonchev–Trinajstić information content (AvgIpc) is 3.70. The summed E-state index contributed by atoms with van der Waals surface area (Å²) in [5.74, 6) is 0.253. The molecule has 1 aliphatic heterocycles. The number of furan rings is 1. The highest BCUT2D eigenvalue weighted by Gasteiger charge is 2.29. The minimum absolute atomic E-state index is 0.00113. The van der Waals surface area contributed by atoms with E-state index in [0.29, 0.717) is 68.9 Å². The lowest BCUT2D eigenvalue weighted by molar-refractivity contribution is -0.145. The zero-order valence-corrected chi connectivity index (χ0v) is 34.6. The number of fused-ring (bicyclic) bond motifs is 1. The van der Waals surface area contributed by atoms with Gasteiger partial charge in [0.15, 0.2) is 5.82 Å². The Morgan fingerprint density at radius 1 is 0.889 bits per heavy atom. The van der Waals surface area contributed by atoms with Crippen molar-refractivity contribution < 1.29 is 47.9 Å². The number of rotatable bonds is 17. The first kappa shape index (κ1) is 42.5. The normalized spacial score (nSPS) is 14.3. The van der Waals surface area contributed by atoms with E-state index >= 15 is 0 Å². The number of phenolic OH excluding ortho intramolecular Hbond substituents is 1. The molecule has 4 heterocycles. The van der Waals surface area contributed by atoms with Crippen LogP contribution in [0.4, 0.5) is 4.39 Å². The Kier molecular flexibility index (Phi) is 13.0. The molecule has 1 aliphatic rings. The average molecular weight is 857 g/mol. The molecule has 2 unspecified atom stereocenters. The molecule has 1 saturated heterocycles. The fraction of sp³-hybridized carbons (Fsp3) is 0.255. The van der Waals surface area contributed by atoms with Crippen LogP contribution in [-0.2, 0) is 17.8 Å². The molecular formula is C47H45FN6O9. The second-order valence-electron chi connectivity index (χ2n) is 15.0. The van der Waals surface area contributed by atoms with Gasteiger partial charge in [0.25, 0.3) is 0 Å². The molecule has 1 fully saturated rings. The van der Waals surface area contributed by atoms with Gasteiger partial charge in [-0.25, -0.2) is 29.1 Å². The molecule has 0 saturated carbocycles. The summed E-state index contributed by atoms with van der Waals surface area (Å²) in [4.78, 5) is 35.3. The number of carbonyl (C=O) groups is 1. The molecule has 15 nitrogen and oxygen atoms in total. The van der Waals surface area contributed by atoms with Crippen molar-refractivity contribution in [1.29, 1.82) is 0 Å². The van der Waals surface area contributed by atoms with Crippen LogP contribution in [0.1, 0.15) is 11.3 Å². The van der Waals surface area contributed by atoms with Crippen LogP contribution in [0.25, 0.3) is 44.9 Å². The highest BCUT2D eigenvalue weighted by Crippen LogP contribution is 2.44. The summed E-state index contributed by atoms with van der Waals surface area (Å²) in [5.41, 5.74) is 3.31. The number of aromatic nitrogens is 4. The Bertz CT molecular complexity index is 2670. The molecule has 324 valence electrons. The molecule has 3 aromatic heterocycles. The molecule has 16 heteroatoms. The van der Waals surface area contributed by atoms with E-state index < -0.39 is 24.0 Å². The van der Waals surface area contributed by atoms with Crippen molar-refractivity contribution in [3.63, 3.8) is 0 Å². The first-order valence-electron chi connectivity index (χ1n) is 20.3. The van der Waals surface area contributed by atoms with Crippen LogP contribution in [0.2, 0.25) is 0 Å². The number of nitrogens with zero attached hydrogens (tertiary/aromatic N) is 6. The standard InChI is InChI=1S/C47H45FN6O9/c1-53-19-21-54(22-20-53)25-36(26-55)61-35-14-9-29(10-15-35)41-42-45(50-28-51-46(42)63-43(41)30-7-11-32(48)12-8-30)62-40(47(57)58)24-31-23-34(56)13-16-38(31)60-27-33-17-18-49-44(52-33)37-5-3-4-6-39(37)59-2/h3-18,23,28,36,40,55-56H,19-22,24-27H2,1-2H3,(H,57,58). The molecule has 8 rings (SSSR count). The van der Waals surface area contributed by atoms with Gasteiger partial charge in [0.1, 0.15) is 59.0 Å². The maximum absolute atomic E-state index is 14.1. The third-order valence-corrected chi connectivity index (χ3v) is 10.7. The number of aromatic hydroxyl groups is 1. The Morgan fingerprint density at radius 2 is 1.65 bits per heavy atom. The van der Waals surface area contributed by atoms with Crippen LogP contribution in [-0.4, -0.2) is 117 Å².